The third kappa shape index (κ3) is 5.31. The number of hydrogen-bond donors (Lipinski definition) is 1. The molecule has 0 aliphatic carbocycles. The predicted octanol–water partition coefficient (Wildman–Crippen LogP) is -0.116. The molecule has 1 rings (SSSR count). The average molecular weight is 234 g/mol. The number of nitrogens with zero attached hydrogens (tertiary/aromatic N) is 1. The van der Waals surface area contributed by atoms with E-state index in [0.29, 0.717) is 0 Å². The highest BCUT2D eigenvalue weighted by molar-refractivity contribution is 7.80. The first-order valence-electron chi connectivity index (χ1n) is 3.99. The number of aromatic amines is 1. The van der Waals surface area contributed by atoms with Gasteiger partial charge in [0.1, 0.15) is 6.20 Å². The summed E-state index contributed by atoms with van der Waals surface area (Å²) in [4.78, 5) is 3.08. The first-order chi connectivity index (χ1) is 6.81. The Kier molecular flexibility index (Phi) is 5.20. The molecule has 1 N–H and O–H groups in total. The molecule has 6 nitrogen and oxygen atoms in total. The Labute approximate surface area is 89.2 Å². The van der Waals surface area contributed by atoms with Crippen LogP contribution in [0.15, 0.2) is 12.8 Å². The zero-order valence-corrected chi connectivity index (χ0v) is 9.67. The molecule has 7 heteroatoms. The van der Waals surface area contributed by atoms with Crippen molar-refractivity contribution in [2.45, 2.75) is 6.92 Å². The summed E-state index contributed by atoms with van der Waals surface area (Å²) in [6.45, 7) is 5.69. The van der Waals surface area contributed by atoms with Crippen molar-refractivity contribution in [3.05, 3.63) is 24.3 Å². The number of nitrogens with one attached hydrogen (secondary N) is 1. The van der Waals surface area contributed by atoms with Crippen molar-refractivity contribution in [3.63, 3.8) is 0 Å². The molecule has 0 aromatic carbocycles. The molecular weight excluding hydrogens is 220 g/mol. The third-order valence-corrected chi connectivity index (χ3v) is 2.14. The summed E-state index contributed by atoms with van der Waals surface area (Å²) in [5, 5.41) is 0. The molecule has 0 radical (unpaired) electrons. The lowest BCUT2D eigenvalue weighted by atomic mass is 10.5. The van der Waals surface area contributed by atoms with E-state index in [1.165, 1.54) is 0 Å². The smallest absolute Gasteiger partial charge is 0.251 e. The van der Waals surface area contributed by atoms with Crippen LogP contribution in [0, 0.1) is 6.92 Å². The lowest BCUT2D eigenvalue weighted by Crippen LogP contribution is -2.31. The van der Waals surface area contributed by atoms with Crippen molar-refractivity contribution in [2.75, 3.05) is 7.11 Å². The van der Waals surface area contributed by atoms with E-state index in [1.54, 1.807) is 0 Å². The van der Waals surface area contributed by atoms with Gasteiger partial charge < -0.3 is 4.55 Å². The van der Waals surface area contributed by atoms with Gasteiger partial charge in [0.05, 0.1) is 14.2 Å². The Morgan fingerprint density at radius 1 is 1.67 bits per heavy atom. The first kappa shape index (κ1) is 13.8. The van der Waals surface area contributed by atoms with Gasteiger partial charge in [-0.25, -0.2) is 18.0 Å². The van der Waals surface area contributed by atoms with Crippen LogP contribution in [0.4, 0.5) is 0 Å². The normalized spacial score (nSPS) is 10.4. The molecule has 1 heterocycles. The minimum atomic E-state index is -4.41. The van der Waals surface area contributed by atoms with Crippen LogP contribution in [-0.2, 0) is 21.6 Å². The summed E-state index contributed by atoms with van der Waals surface area (Å²) in [6.07, 6.45) is 3.76. The molecule has 1 aromatic heterocycles. The highest BCUT2D eigenvalue weighted by Gasteiger charge is 2.03. The van der Waals surface area contributed by atoms with Crippen LogP contribution in [0.3, 0.4) is 0 Å². The molecule has 0 aliphatic heterocycles. The van der Waals surface area contributed by atoms with Crippen molar-refractivity contribution in [3.8, 4) is 0 Å². The highest BCUT2D eigenvalue weighted by atomic mass is 32.3. The Bertz CT molecular complexity index is 422. The molecule has 0 saturated carbocycles. The van der Waals surface area contributed by atoms with E-state index in [-0.39, 0.29) is 0 Å². The van der Waals surface area contributed by atoms with E-state index in [1.807, 2.05) is 30.8 Å². The van der Waals surface area contributed by atoms with Crippen LogP contribution in [0.2, 0.25) is 0 Å². The molecule has 0 unspecified atom stereocenters. The van der Waals surface area contributed by atoms with E-state index in [0.717, 1.165) is 18.6 Å². The van der Waals surface area contributed by atoms with Crippen molar-refractivity contribution in [1.82, 2.24) is 4.98 Å². The van der Waals surface area contributed by atoms with Crippen molar-refractivity contribution in [2.24, 2.45) is 7.05 Å². The minimum Gasteiger partial charge on any atom is -0.726 e. The molecule has 0 amide bonds. The Balaban J connectivity index is 0.000000288. The van der Waals surface area contributed by atoms with E-state index in [4.69, 9.17) is 0 Å². The number of rotatable bonds is 2. The number of imidazole rings is 1. The van der Waals surface area contributed by atoms with Crippen molar-refractivity contribution < 1.29 is 21.7 Å². The minimum absolute atomic E-state index is 0.808. The van der Waals surface area contributed by atoms with E-state index < -0.39 is 10.4 Å². The lowest BCUT2D eigenvalue weighted by molar-refractivity contribution is -0.678. The van der Waals surface area contributed by atoms with Crippen LogP contribution in [0.1, 0.15) is 11.5 Å². The largest absolute Gasteiger partial charge is 0.726 e. The van der Waals surface area contributed by atoms with Crippen LogP contribution < -0.4 is 4.57 Å². The molecule has 1 aromatic rings. The predicted molar refractivity (Wildman–Crippen MR) is 53.5 cm³/mol. The quantitative estimate of drug-likeness (QED) is 0.439. The van der Waals surface area contributed by atoms with Crippen LogP contribution in [-0.4, -0.2) is 25.1 Å². The molecule has 0 fully saturated rings. The number of H-pyrrole nitrogens is 1. The number of aromatic nitrogens is 2. The zero-order valence-electron chi connectivity index (χ0n) is 8.85. The van der Waals surface area contributed by atoms with Crippen molar-refractivity contribution in [1.29, 1.82) is 0 Å². The summed E-state index contributed by atoms with van der Waals surface area (Å²) >= 11 is 0. The second-order valence-electron chi connectivity index (χ2n) is 2.64. The molecule has 0 spiro atoms. The van der Waals surface area contributed by atoms with Gasteiger partial charge in [-0.1, -0.05) is 6.58 Å². The highest BCUT2D eigenvalue weighted by Crippen LogP contribution is 1.91. The molecule has 15 heavy (non-hydrogen) atoms. The fourth-order valence-corrected chi connectivity index (χ4v) is 0.762. The molecule has 0 aliphatic rings. The summed E-state index contributed by atoms with van der Waals surface area (Å²) in [7, 11) is -1.60. The van der Waals surface area contributed by atoms with Gasteiger partial charge in [0.15, 0.2) is 5.69 Å². The molecular formula is C8H14N2O4S. The van der Waals surface area contributed by atoms with E-state index in [9.17, 15) is 13.0 Å². The van der Waals surface area contributed by atoms with Crippen LogP contribution >= 0.6 is 0 Å². The van der Waals surface area contributed by atoms with Gasteiger partial charge in [-0.15, -0.1) is 0 Å². The van der Waals surface area contributed by atoms with Gasteiger partial charge >= 0.3 is 0 Å². The molecule has 86 valence electrons. The van der Waals surface area contributed by atoms with E-state index in [2.05, 4.69) is 15.7 Å². The molecule has 0 bridgehead atoms. The Morgan fingerprint density at radius 2 is 2.13 bits per heavy atom. The monoisotopic (exact) mass is 234 g/mol. The third-order valence-electron chi connectivity index (χ3n) is 1.73. The Morgan fingerprint density at radius 3 is 2.27 bits per heavy atom. The second kappa shape index (κ2) is 5.64. The summed E-state index contributed by atoms with van der Waals surface area (Å²) in [5.41, 5.74) is 1.12. The number of aryl methyl sites for hydroxylation is 1. The molecule has 0 atom stereocenters. The fraction of sp³-hybridized carbons (Fsp3) is 0.375. The summed E-state index contributed by atoms with van der Waals surface area (Å²) < 4.78 is 33.1. The lowest BCUT2D eigenvalue weighted by Gasteiger charge is -1.98. The summed E-state index contributed by atoms with van der Waals surface area (Å²) in [5.74, 6) is 1.14. The van der Waals surface area contributed by atoms with E-state index >= 15 is 0 Å². The fourth-order valence-electron chi connectivity index (χ4n) is 0.762. The summed E-state index contributed by atoms with van der Waals surface area (Å²) in [6, 6.07) is 0. The van der Waals surface area contributed by atoms with Crippen molar-refractivity contribution >= 4 is 16.5 Å². The average Bonchev–Trinajstić information content (AvgIpc) is 2.47. The number of hydrogen-bond acceptors (Lipinski definition) is 4. The van der Waals surface area contributed by atoms with Crippen LogP contribution in [0.25, 0.3) is 6.08 Å². The van der Waals surface area contributed by atoms with Gasteiger partial charge in [0.2, 0.25) is 10.4 Å². The SMILES string of the molecule is C=Cc1c[nH]c(C)[n+]1C.COS(=O)(=O)[O-]. The molecule has 0 saturated heterocycles. The maximum absolute atomic E-state index is 9.22. The maximum atomic E-state index is 9.22. The van der Waals surface area contributed by atoms with Gasteiger partial charge in [0, 0.05) is 6.92 Å². The topological polar surface area (TPSA) is 86.1 Å². The standard InChI is InChI=1S/C7H10N2.CH4O4S/c1-4-7-5-8-6(2)9(7)3;1-5-6(2,3)4/h4-5H,1H2,2-3H3;1H3,(H,2,3,4). The van der Waals surface area contributed by atoms with Gasteiger partial charge in [0.25, 0.3) is 5.82 Å². The van der Waals surface area contributed by atoms with Gasteiger partial charge in [-0.2, -0.15) is 0 Å². The zero-order chi connectivity index (χ0) is 12.1. The first-order valence-corrected chi connectivity index (χ1v) is 5.33. The second-order valence-corrected chi connectivity index (χ2v) is 3.79. The van der Waals surface area contributed by atoms with Gasteiger partial charge in [-0.05, 0) is 6.08 Å². The Hall–Kier alpha value is -1.18. The van der Waals surface area contributed by atoms with Gasteiger partial charge in [-0.3, -0.25) is 4.18 Å². The maximum Gasteiger partial charge on any atom is 0.251 e. The van der Waals surface area contributed by atoms with Crippen LogP contribution in [0.5, 0.6) is 0 Å².